The smallest absolute Gasteiger partial charge is 0.325 e. The van der Waals surface area contributed by atoms with E-state index in [1.165, 1.54) is 0 Å². The number of aliphatic hydroxyl groups excluding tert-OH is 1. The highest BCUT2D eigenvalue weighted by Gasteiger charge is 2.44. The van der Waals surface area contributed by atoms with Gasteiger partial charge in [-0.15, -0.1) is 0 Å². The molecule has 7 heteroatoms. The number of benzene rings is 1. The number of hydrogen-bond acceptors (Lipinski definition) is 4. The summed E-state index contributed by atoms with van der Waals surface area (Å²) in [7, 11) is 0. The van der Waals surface area contributed by atoms with Crippen LogP contribution in [0.3, 0.4) is 0 Å². The van der Waals surface area contributed by atoms with E-state index in [1.54, 1.807) is 26.0 Å². The molecule has 120 valence electrons. The van der Waals surface area contributed by atoms with Gasteiger partial charge in [-0.1, -0.05) is 17.7 Å². The zero-order chi connectivity index (χ0) is 16.5. The second-order valence-corrected chi connectivity index (χ2v) is 6.28. The van der Waals surface area contributed by atoms with Gasteiger partial charge in [0.1, 0.15) is 24.0 Å². The topological polar surface area (TPSA) is 78.9 Å². The Morgan fingerprint density at radius 2 is 2.09 bits per heavy atom. The lowest BCUT2D eigenvalue weighted by molar-refractivity contribution is -0.131. The van der Waals surface area contributed by atoms with Crippen LogP contribution in [-0.4, -0.2) is 46.7 Å². The number of imide groups is 1. The zero-order valence-electron chi connectivity index (χ0n) is 12.7. The number of urea groups is 1. The van der Waals surface area contributed by atoms with E-state index in [0.29, 0.717) is 10.8 Å². The normalized spacial score (nSPS) is 18.3. The molecule has 0 spiro atoms. The van der Waals surface area contributed by atoms with E-state index < -0.39 is 17.7 Å². The lowest BCUT2D eigenvalue weighted by Crippen LogP contribution is -2.42. The van der Waals surface area contributed by atoms with Gasteiger partial charge in [-0.05, 0) is 38.5 Å². The molecule has 1 aromatic carbocycles. The second kappa shape index (κ2) is 6.14. The van der Waals surface area contributed by atoms with Crippen molar-refractivity contribution in [2.45, 2.75) is 32.4 Å². The van der Waals surface area contributed by atoms with E-state index in [4.69, 9.17) is 16.3 Å². The maximum Gasteiger partial charge on any atom is 0.325 e. The molecule has 22 heavy (non-hydrogen) atoms. The molecule has 1 fully saturated rings. The number of aryl methyl sites for hydroxylation is 1. The van der Waals surface area contributed by atoms with Crippen molar-refractivity contribution in [3.63, 3.8) is 0 Å². The average molecular weight is 327 g/mol. The Balaban J connectivity index is 1.92. The first-order valence-electron chi connectivity index (χ1n) is 6.92. The summed E-state index contributed by atoms with van der Waals surface area (Å²) in [6.07, 6.45) is -0.999. The Hall–Kier alpha value is -1.79. The third-order valence-corrected chi connectivity index (χ3v) is 3.65. The van der Waals surface area contributed by atoms with Crippen molar-refractivity contribution in [3.05, 3.63) is 28.8 Å². The van der Waals surface area contributed by atoms with Crippen molar-refractivity contribution >= 4 is 23.5 Å². The van der Waals surface area contributed by atoms with E-state index >= 15 is 0 Å². The molecule has 1 saturated heterocycles. The molecular formula is C15H19ClN2O4. The van der Waals surface area contributed by atoms with Crippen LogP contribution in [0.15, 0.2) is 18.2 Å². The van der Waals surface area contributed by atoms with Gasteiger partial charge in [0.2, 0.25) is 0 Å². The number of halogens is 1. The van der Waals surface area contributed by atoms with Crippen molar-refractivity contribution in [1.29, 1.82) is 0 Å². The van der Waals surface area contributed by atoms with Crippen LogP contribution in [0, 0.1) is 6.92 Å². The average Bonchev–Trinajstić information content (AvgIpc) is 2.60. The predicted octanol–water partition coefficient (Wildman–Crippen LogP) is 1.72. The van der Waals surface area contributed by atoms with Gasteiger partial charge in [-0.3, -0.25) is 9.69 Å². The van der Waals surface area contributed by atoms with Gasteiger partial charge < -0.3 is 15.2 Å². The van der Waals surface area contributed by atoms with Gasteiger partial charge in [0.05, 0.1) is 11.6 Å². The Labute approximate surface area is 134 Å². The number of β-amino-alcohol motifs (C(OH)–C–C–N with tert-alkyl or cyclic N) is 1. The summed E-state index contributed by atoms with van der Waals surface area (Å²) in [6.45, 7) is 4.94. The van der Waals surface area contributed by atoms with E-state index in [0.717, 1.165) is 10.5 Å². The minimum atomic E-state index is -0.999. The standard InChI is InChI=1S/C15H19ClN2O4/c1-9-4-5-12(11(16)6-9)22-8-10(19)7-18-13(20)15(2,3)17-14(18)21/h4-6,10,19H,7-8H2,1-3H3,(H,17,21)/t10-/m1/s1. The molecule has 1 atom stereocenters. The lowest BCUT2D eigenvalue weighted by Gasteiger charge is -2.19. The molecule has 0 saturated carbocycles. The quantitative estimate of drug-likeness (QED) is 0.808. The third-order valence-electron chi connectivity index (χ3n) is 3.36. The summed E-state index contributed by atoms with van der Waals surface area (Å²) in [6, 6.07) is 4.79. The largest absolute Gasteiger partial charge is 0.489 e. The Morgan fingerprint density at radius 3 is 2.64 bits per heavy atom. The van der Waals surface area contributed by atoms with Crippen molar-refractivity contribution in [2.24, 2.45) is 0 Å². The number of aliphatic hydroxyl groups is 1. The van der Waals surface area contributed by atoms with Crippen LogP contribution >= 0.6 is 11.6 Å². The summed E-state index contributed by atoms with van der Waals surface area (Å²) in [5.74, 6) is 0.0776. The molecule has 1 heterocycles. The highest BCUT2D eigenvalue weighted by molar-refractivity contribution is 6.32. The van der Waals surface area contributed by atoms with Crippen molar-refractivity contribution in [3.8, 4) is 5.75 Å². The van der Waals surface area contributed by atoms with Crippen molar-refractivity contribution in [2.75, 3.05) is 13.2 Å². The number of hydrogen-bond donors (Lipinski definition) is 2. The maximum atomic E-state index is 12.0. The second-order valence-electron chi connectivity index (χ2n) is 5.87. The number of nitrogens with zero attached hydrogens (tertiary/aromatic N) is 1. The number of rotatable bonds is 5. The first kappa shape index (κ1) is 16.6. The summed E-state index contributed by atoms with van der Waals surface area (Å²) in [5.41, 5.74) is 0.0530. The maximum absolute atomic E-state index is 12.0. The van der Waals surface area contributed by atoms with Gasteiger partial charge in [-0.2, -0.15) is 0 Å². The molecule has 0 radical (unpaired) electrons. The van der Waals surface area contributed by atoms with Crippen LogP contribution < -0.4 is 10.1 Å². The summed E-state index contributed by atoms with van der Waals surface area (Å²) in [5, 5.41) is 13.0. The SMILES string of the molecule is Cc1ccc(OC[C@H](O)CN2C(=O)NC(C)(C)C2=O)c(Cl)c1. The van der Waals surface area contributed by atoms with Crippen LogP contribution in [0.4, 0.5) is 4.79 Å². The molecule has 0 bridgehead atoms. The monoisotopic (exact) mass is 326 g/mol. The van der Waals surface area contributed by atoms with E-state index in [1.807, 2.05) is 13.0 Å². The minimum absolute atomic E-state index is 0.0692. The van der Waals surface area contributed by atoms with E-state index in [2.05, 4.69) is 5.32 Å². The number of amides is 3. The molecule has 0 unspecified atom stereocenters. The van der Waals surface area contributed by atoms with Crippen LogP contribution in [-0.2, 0) is 4.79 Å². The molecule has 0 aromatic heterocycles. The van der Waals surface area contributed by atoms with Crippen molar-refractivity contribution in [1.82, 2.24) is 10.2 Å². The van der Waals surface area contributed by atoms with Crippen LogP contribution in [0.2, 0.25) is 5.02 Å². The molecule has 1 aliphatic heterocycles. The Morgan fingerprint density at radius 1 is 1.41 bits per heavy atom. The molecule has 1 aromatic rings. The fourth-order valence-corrected chi connectivity index (χ4v) is 2.45. The minimum Gasteiger partial charge on any atom is -0.489 e. The van der Waals surface area contributed by atoms with Gasteiger partial charge in [0, 0.05) is 0 Å². The highest BCUT2D eigenvalue weighted by atomic mass is 35.5. The zero-order valence-corrected chi connectivity index (χ0v) is 13.5. The molecule has 1 aliphatic rings. The molecule has 6 nitrogen and oxygen atoms in total. The van der Waals surface area contributed by atoms with E-state index in [9.17, 15) is 14.7 Å². The molecular weight excluding hydrogens is 308 g/mol. The van der Waals surface area contributed by atoms with Crippen LogP contribution in [0.25, 0.3) is 0 Å². The van der Waals surface area contributed by atoms with Gasteiger partial charge in [0.25, 0.3) is 5.91 Å². The van der Waals surface area contributed by atoms with Crippen molar-refractivity contribution < 1.29 is 19.4 Å². The van der Waals surface area contributed by atoms with Crippen LogP contribution in [0.1, 0.15) is 19.4 Å². The van der Waals surface area contributed by atoms with Gasteiger partial charge >= 0.3 is 6.03 Å². The molecule has 3 amide bonds. The molecule has 0 aliphatic carbocycles. The lowest BCUT2D eigenvalue weighted by atomic mass is 10.1. The van der Waals surface area contributed by atoms with Gasteiger partial charge in [0.15, 0.2) is 0 Å². The number of carbonyl (C=O) groups is 2. The molecule has 2 rings (SSSR count). The van der Waals surface area contributed by atoms with Crippen LogP contribution in [0.5, 0.6) is 5.75 Å². The fourth-order valence-electron chi connectivity index (χ4n) is 2.16. The third kappa shape index (κ3) is 3.51. The number of ether oxygens (including phenoxy) is 1. The predicted molar refractivity (Wildman–Crippen MR) is 82.0 cm³/mol. The van der Waals surface area contributed by atoms with Gasteiger partial charge in [-0.25, -0.2) is 4.79 Å². The fraction of sp³-hybridized carbons (Fsp3) is 0.467. The summed E-state index contributed by atoms with van der Waals surface area (Å²) in [4.78, 5) is 24.7. The first-order chi connectivity index (χ1) is 10.2. The highest BCUT2D eigenvalue weighted by Crippen LogP contribution is 2.25. The summed E-state index contributed by atoms with van der Waals surface area (Å²) >= 11 is 6.03. The Bertz CT molecular complexity index is 603. The first-order valence-corrected chi connectivity index (χ1v) is 7.29. The number of nitrogens with one attached hydrogen (secondary N) is 1. The Kier molecular flexibility index (Phi) is 4.63. The molecule has 2 N–H and O–H groups in total. The van der Waals surface area contributed by atoms with E-state index in [-0.39, 0.29) is 19.1 Å². The number of carbonyl (C=O) groups excluding carboxylic acids is 2. The summed E-state index contributed by atoms with van der Waals surface area (Å²) < 4.78 is 5.43.